The Labute approximate surface area is 163 Å². The van der Waals surface area contributed by atoms with Crippen LogP contribution in [0, 0.1) is 6.92 Å². The van der Waals surface area contributed by atoms with E-state index in [0.29, 0.717) is 29.7 Å². The van der Waals surface area contributed by atoms with Crippen molar-refractivity contribution < 1.29 is 13.9 Å². The minimum Gasteiger partial charge on any atom is -0.494 e. The lowest BCUT2D eigenvalue weighted by atomic mass is 9.98. The summed E-state index contributed by atoms with van der Waals surface area (Å²) in [5, 5.41) is 0.510. The van der Waals surface area contributed by atoms with Crippen LogP contribution >= 0.6 is 0 Å². The van der Waals surface area contributed by atoms with Crippen molar-refractivity contribution in [2.45, 2.75) is 33.2 Å². The van der Waals surface area contributed by atoms with Gasteiger partial charge in [0, 0.05) is 6.54 Å². The summed E-state index contributed by atoms with van der Waals surface area (Å²) >= 11 is 0. The molecule has 5 nitrogen and oxygen atoms in total. The molecule has 1 aromatic heterocycles. The number of benzene rings is 2. The highest BCUT2D eigenvalue weighted by Gasteiger charge is 2.42. The summed E-state index contributed by atoms with van der Waals surface area (Å²) in [4.78, 5) is 28.2. The van der Waals surface area contributed by atoms with E-state index in [2.05, 4.69) is 0 Å². The fourth-order valence-electron chi connectivity index (χ4n) is 3.89. The zero-order chi connectivity index (χ0) is 19.8. The quantitative estimate of drug-likeness (QED) is 0.659. The first kappa shape index (κ1) is 18.3. The molecule has 4 rings (SSSR count). The SMILES string of the molecule is CCCN1C(=O)c2oc3ccc(C)cc3c(=O)c2[C@@H]1c1cccc(OCC)c1. The number of hydrogen-bond donors (Lipinski definition) is 0. The van der Waals surface area contributed by atoms with Gasteiger partial charge in [-0.2, -0.15) is 0 Å². The molecule has 2 heterocycles. The molecule has 0 unspecified atom stereocenters. The van der Waals surface area contributed by atoms with E-state index in [1.807, 2.05) is 57.2 Å². The van der Waals surface area contributed by atoms with Crippen molar-refractivity contribution in [2.24, 2.45) is 0 Å². The Hall–Kier alpha value is -3.08. The highest BCUT2D eigenvalue weighted by Crippen LogP contribution is 2.39. The molecule has 0 N–H and O–H groups in total. The number of carbonyl (C=O) groups excluding carboxylic acids is 1. The summed E-state index contributed by atoms with van der Waals surface area (Å²) in [6.07, 6.45) is 0.786. The van der Waals surface area contributed by atoms with Gasteiger partial charge in [0.1, 0.15) is 11.3 Å². The Kier molecular flexibility index (Phi) is 4.67. The Morgan fingerprint density at radius 2 is 1.93 bits per heavy atom. The summed E-state index contributed by atoms with van der Waals surface area (Å²) in [7, 11) is 0. The van der Waals surface area contributed by atoms with Gasteiger partial charge in [0.2, 0.25) is 5.76 Å². The lowest BCUT2D eigenvalue weighted by Crippen LogP contribution is -2.30. The van der Waals surface area contributed by atoms with Crippen LogP contribution in [0.3, 0.4) is 0 Å². The van der Waals surface area contributed by atoms with Crippen molar-refractivity contribution in [2.75, 3.05) is 13.2 Å². The van der Waals surface area contributed by atoms with E-state index < -0.39 is 6.04 Å². The van der Waals surface area contributed by atoms with Crippen molar-refractivity contribution in [3.8, 4) is 5.75 Å². The van der Waals surface area contributed by atoms with Crippen LogP contribution in [0.5, 0.6) is 5.75 Å². The zero-order valence-corrected chi connectivity index (χ0v) is 16.3. The number of amides is 1. The van der Waals surface area contributed by atoms with Gasteiger partial charge in [0.25, 0.3) is 5.91 Å². The maximum atomic E-state index is 13.4. The molecule has 2 aromatic carbocycles. The van der Waals surface area contributed by atoms with Gasteiger partial charge in [0.15, 0.2) is 5.43 Å². The fourth-order valence-corrected chi connectivity index (χ4v) is 3.89. The molecule has 144 valence electrons. The van der Waals surface area contributed by atoms with Crippen molar-refractivity contribution in [3.63, 3.8) is 0 Å². The zero-order valence-electron chi connectivity index (χ0n) is 16.3. The third-order valence-electron chi connectivity index (χ3n) is 5.07. The number of ether oxygens (including phenoxy) is 1. The molecule has 0 fully saturated rings. The van der Waals surface area contributed by atoms with E-state index in [9.17, 15) is 9.59 Å². The number of carbonyl (C=O) groups is 1. The van der Waals surface area contributed by atoms with Crippen LogP contribution in [0.25, 0.3) is 11.0 Å². The van der Waals surface area contributed by atoms with Crippen molar-refractivity contribution in [1.29, 1.82) is 0 Å². The average Bonchev–Trinajstić information content (AvgIpc) is 2.96. The van der Waals surface area contributed by atoms with Gasteiger partial charge >= 0.3 is 0 Å². The smallest absolute Gasteiger partial charge is 0.290 e. The molecular formula is C23H23NO4. The van der Waals surface area contributed by atoms with E-state index in [0.717, 1.165) is 23.3 Å². The van der Waals surface area contributed by atoms with Gasteiger partial charge in [-0.25, -0.2) is 0 Å². The molecule has 1 aliphatic rings. The van der Waals surface area contributed by atoms with Crippen LogP contribution in [0.4, 0.5) is 0 Å². The summed E-state index contributed by atoms with van der Waals surface area (Å²) in [6.45, 7) is 6.96. The second-order valence-electron chi connectivity index (χ2n) is 7.08. The van der Waals surface area contributed by atoms with Crippen LogP contribution in [-0.4, -0.2) is 24.0 Å². The molecule has 0 saturated carbocycles. The first-order valence-electron chi connectivity index (χ1n) is 9.66. The molecule has 28 heavy (non-hydrogen) atoms. The summed E-state index contributed by atoms with van der Waals surface area (Å²) in [6, 6.07) is 12.6. The van der Waals surface area contributed by atoms with E-state index in [1.54, 1.807) is 11.0 Å². The molecule has 5 heteroatoms. The van der Waals surface area contributed by atoms with Crippen LogP contribution < -0.4 is 10.2 Å². The van der Waals surface area contributed by atoms with Gasteiger partial charge in [-0.3, -0.25) is 9.59 Å². The second-order valence-corrected chi connectivity index (χ2v) is 7.08. The maximum Gasteiger partial charge on any atom is 0.290 e. The van der Waals surface area contributed by atoms with Gasteiger partial charge in [-0.1, -0.05) is 30.7 Å². The van der Waals surface area contributed by atoms with E-state index in [4.69, 9.17) is 9.15 Å². The lowest BCUT2D eigenvalue weighted by Gasteiger charge is -2.25. The molecule has 0 saturated heterocycles. The largest absolute Gasteiger partial charge is 0.494 e. The Bertz CT molecular complexity index is 1120. The minimum atomic E-state index is -0.469. The molecule has 1 atom stereocenters. The molecule has 0 aliphatic carbocycles. The third-order valence-corrected chi connectivity index (χ3v) is 5.07. The van der Waals surface area contributed by atoms with Gasteiger partial charge in [-0.15, -0.1) is 0 Å². The molecule has 0 spiro atoms. The van der Waals surface area contributed by atoms with E-state index >= 15 is 0 Å². The topological polar surface area (TPSA) is 59.8 Å². The van der Waals surface area contributed by atoms with Crippen molar-refractivity contribution in [3.05, 3.63) is 75.1 Å². The van der Waals surface area contributed by atoms with Crippen molar-refractivity contribution >= 4 is 16.9 Å². The number of rotatable bonds is 5. The maximum absolute atomic E-state index is 13.4. The predicted molar refractivity (Wildman–Crippen MR) is 108 cm³/mol. The lowest BCUT2D eigenvalue weighted by molar-refractivity contribution is 0.0728. The molecule has 0 radical (unpaired) electrons. The van der Waals surface area contributed by atoms with Crippen LogP contribution in [0.2, 0.25) is 0 Å². The average molecular weight is 377 g/mol. The fraction of sp³-hybridized carbons (Fsp3) is 0.304. The third kappa shape index (κ3) is 2.87. The second kappa shape index (κ2) is 7.15. The number of nitrogens with zero attached hydrogens (tertiary/aromatic N) is 1. The number of aryl methyl sites for hydroxylation is 1. The number of hydrogen-bond acceptors (Lipinski definition) is 4. The summed E-state index contributed by atoms with van der Waals surface area (Å²) in [5.41, 5.74) is 2.56. The monoisotopic (exact) mass is 377 g/mol. The van der Waals surface area contributed by atoms with Crippen molar-refractivity contribution in [1.82, 2.24) is 4.90 Å². The van der Waals surface area contributed by atoms with Gasteiger partial charge in [-0.05, 0) is 50.1 Å². The Balaban J connectivity index is 1.97. The van der Waals surface area contributed by atoms with Crippen LogP contribution in [0.1, 0.15) is 53.6 Å². The summed E-state index contributed by atoms with van der Waals surface area (Å²) < 4.78 is 11.6. The van der Waals surface area contributed by atoms with Crippen LogP contribution in [0.15, 0.2) is 51.7 Å². The molecular weight excluding hydrogens is 354 g/mol. The molecule has 0 bridgehead atoms. The summed E-state index contributed by atoms with van der Waals surface area (Å²) in [5.74, 6) is 0.642. The molecule has 3 aromatic rings. The van der Waals surface area contributed by atoms with E-state index in [1.165, 1.54) is 0 Å². The first-order valence-corrected chi connectivity index (χ1v) is 9.66. The normalized spacial score (nSPS) is 15.9. The standard InChI is InChI=1S/C23H23NO4/c1-4-11-24-20(15-7-6-8-16(13-15)27-5-2)19-21(25)17-12-14(3)9-10-18(17)28-22(19)23(24)26/h6-10,12-13,20H,4-5,11H2,1-3H3/t20-/m0/s1. The Morgan fingerprint density at radius 1 is 1.11 bits per heavy atom. The predicted octanol–water partition coefficient (Wildman–Crippen LogP) is 4.46. The Morgan fingerprint density at radius 3 is 2.68 bits per heavy atom. The molecule has 1 aliphatic heterocycles. The molecule has 1 amide bonds. The van der Waals surface area contributed by atoms with Gasteiger partial charge < -0.3 is 14.1 Å². The van der Waals surface area contributed by atoms with Crippen LogP contribution in [-0.2, 0) is 0 Å². The van der Waals surface area contributed by atoms with E-state index in [-0.39, 0.29) is 17.1 Å². The van der Waals surface area contributed by atoms with Gasteiger partial charge in [0.05, 0.1) is 23.6 Å². The first-order chi connectivity index (χ1) is 13.5. The number of fused-ring (bicyclic) bond motifs is 2. The highest BCUT2D eigenvalue weighted by molar-refractivity contribution is 5.99. The highest BCUT2D eigenvalue weighted by atomic mass is 16.5. The minimum absolute atomic E-state index is 0.140.